The molecule has 6 nitrogen and oxygen atoms in total. The molecule has 2 heterocycles. The Morgan fingerprint density at radius 2 is 1.81 bits per heavy atom. The Balaban J connectivity index is 2.19. The van der Waals surface area contributed by atoms with Crippen molar-refractivity contribution < 1.29 is 8.42 Å². The van der Waals surface area contributed by atoms with Gasteiger partial charge in [-0.05, 0) is 32.9 Å². The molecule has 21 heavy (non-hydrogen) atoms. The normalized spacial score (nSPS) is 18.7. The van der Waals surface area contributed by atoms with Crippen molar-refractivity contribution in [1.82, 2.24) is 14.2 Å². The van der Waals surface area contributed by atoms with Crippen LogP contribution in [-0.4, -0.2) is 61.4 Å². The van der Waals surface area contributed by atoms with Crippen molar-refractivity contribution >= 4 is 15.7 Å². The first-order valence-electron chi connectivity index (χ1n) is 7.15. The summed E-state index contributed by atoms with van der Waals surface area (Å²) in [6, 6.07) is 3.45. The summed E-state index contributed by atoms with van der Waals surface area (Å²) in [7, 11) is -1.84. The number of sulfonamides is 1. The zero-order valence-electron chi connectivity index (χ0n) is 13.1. The highest BCUT2D eigenvalue weighted by Crippen LogP contribution is 2.24. The van der Waals surface area contributed by atoms with Gasteiger partial charge in [0, 0.05) is 45.0 Å². The topological polar surface area (TPSA) is 65.5 Å². The van der Waals surface area contributed by atoms with Crippen molar-refractivity contribution in [3.8, 4) is 0 Å². The molecule has 0 bridgehead atoms. The Hall–Kier alpha value is -1.18. The van der Waals surface area contributed by atoms with E-state index >= 15 is 0 Å². The van der Waals surface area contributed by atoms with E-state index in [9.17, 15) is 8.42 Å². The molecule has 1 N–H and O–H groups in total. The molecule has 118 valence electrons. The first kappa shape index (κ1) is 16.2. The maximum Gasteiger partial charge on any atom is 0.262 e. The maximum atomic E-state index is 12.7. The van der Waals surface area contributed by atoms with E-state index in [1.54, 1.807) is 19.2 Å². The summed E-state index contributed by atoms with van der Waals surface area (Å²) in [6.07, 6.45) is 1.51. The lowest BCUT2D eigenvalue weighted by molar-refractivity contribution is 0.0921. The fourth-order valence-electron chi connectivity index (χ4n) is 2.51. The second kappa shape index (κ2) is 5.90. The Morgan fingerprint density at radius 1 is 1.19 bits per heavy atom. The quantitative estimate of drug-likeness (QED) is 0.909. The average molecular weight is 312 g/mol. The van der Waals surface area contributed by atoms with E-state index in [-0.39, 0.29) is 10.6 Å². The molecule has 0 aromatic carbocycles. The van der Waals surface area contributed by atoms with Crippen LogP contribution in [0.15, 0.2) is 23.4 Å². The number of piperazine rings is 1. The fraction of sp³-hybridized carbons (Fsp3) is 0.643. The third-order valence-electron chi connectivity index (χ3n) is 3.81. The minimum Gasteiger partial charge on any atom is -0.386 e. The van der Waals surface area contributed by atoms with Gasteiger partial charge in [-0.3, -0.25) is 4.90 Å². The molecule has 0 radical (unpaired) electrons. The number of nitrogens with zero attached hydrogens (tertiary/aromatic N) is 3. The van der Waals surface area contributed by atoms with Gasteiger partial charge >= 0.3 is 0 Å². The van der Waals surface area contributed by atoms with Crippen LogP contribution < -0.4 is 5.32 Å². The van der Waals surface area contributed by atoms with E-state index in [4.69, 9.17) is 0 Å². The first-order valence-corrected chi connectivity index (χ1v) is 8.59. The third kappa shape index (κ3) is 3.36. The van der Waals surface area contributed by atoms with Crippen molar-refractivity contribution in [1.29, 1.82) is 0 Å². The van der Waals surface area contributed by atoms with E-state index in [0.29, 0.717) is 18.8 Å². The standard InChI is InChI=1S/C14H24N4O2S/c1-14(2,3)17-8-10-18(11-9-17)21(19,20)13-12(15-4)6-5-7-16-13/h5-7,15H,8-11H2,1-4H3. The van der Waals surface area contributed by atoms with Crippen molar-refractivity contribution in [2.75, 3.05) is 38.5 Å². The number of nitrogens with one attached hydrogen (secondary N) is 1. The zero-order chi connectivity index (χ0) is 15.7. The summed E-state index contributed by atoms with van der Waals surface area (Å²) >= 11 is 0. The monoisotopic (exact) mass is 312 g/mol. The lowest BCUT2D eigenvalue weighted by atomic mass is 10.1. The van der Waals surface area contributed by atoms with Gasteiger partial charge in [0.1, 0.15) is 0 Å². The Labute approximate surface area is 127 Å². The molecule has 1 fully saturated rings. The molecular weight excluding hydrogens is 288 g/mol. The summed E-state index contributed by atoms with van der Waals surface area (Å²) in [5, 5.41) is 3.00. The number of aromatic nitrogens is 1. The number of anilines is 1. The zero-order valence-corrected chi connectivity index (χ0v) is 13.9. The minimum atomic E-state index is -3.54. The van der Waals surface area contributed by atoms with Crippen molar-refractivity contribution in [3.63, 3.8) is 0 Å². The van der Waals surface area contributed by atoms with Crippen LogP contribution in [0.5, 0.6) is 0 Å². The first-order chi connectivity index (χ1) is 9.76. The molecule has 0 atom stereocenters. The van der Waals surface area contributed by atoms with Gasteiger partial charge in [0.05, 0.1) is 5.69 Å². The van der Waals surface area contributed by atoms with Crippen LogP contribution in [0.25, 0.3) is 0 Å². The van der Waals surface area contributed by atoms with Crippen LogP contribution in [0.3, 0.4) is 0 Å². The number of hydrogen-bond donors (Lipinski definition) is 1. The maximum absolute atomic E-state index is 12.7. The van der Waals surface area contributed by atoms with E-state index in [1.807, 2.05) is 0 Å². The van der Waals surface area contributed by atoms with Gasteiger partial charge in [-0.25, -0.2) is 13.4 Å². The Kier molecular flexibility index (Phi) is 4.55. The SMILES string of the molecule is CNc1cccnc1S(=O)(=O)N1CCN(C(C)(C)C)CC1. The second-order valence-electron chi connectivity index (χ2n) is 6.17. The summed E-state index contributed by atoms with van der Waals surface area (Å²) in [4.78, 5) is 6.36. The van der Waals surface area contributed by atoms with E-state index in [2.05, 4.69) is 36.0 Å². The average Bonchev–Trinajstić information content (AvgIpc) is 2.46. The van der Waals surface area contributed by atoms with Gasteiger partial charge in [0.2, 0.25) is 0 Å². The molecule has 0 spiro atoms. The minimum absolute atomic E-state index is 0.0665. The van der Waals surface area contributed by atoms with Gasteiger partial charge in [0.25, 0.3) is 10.0 Å². The predicted octanol–water partition coefficient (Wildman–Crippen LogP) is 1.23. The van der Waals surface area contributed by atoms with Gasteiger partial charge < -0.3 is 5.32 Å². The molecule has 1 aliphatic rings. The fourth-order valence-corrected chi connectivity index (χ4v) is 4.04. The van der Waals surface area contributed by atoms with Gasteiger partial charge in [-0.15, -0.1) is 0 Å². The van der Waals surface area contributed by atoms with Crippen LogP contribution in [-0.2, 0) is 10.0 Å². The lowest BCUT2D eigenvalue weighted by Gasteiger charge is -2.41. The molecule has 1 aromatic rings. The van der Waals surface area contributed by atoms with E-state index in [1.165, 1.54) is 10.5 Å². The smallest absolute Gasteiger partial charge is 0.262 e. The molecule has 0 saturated carbocycles. The summed E-state index contributed by atoms with van der Waals surface area (Å²) in [6.45, 7) is 8.92. The van der Waals surface area contributed by atoms with Crippen LogP contribution in [0.2, 0.25) is 0 Å². The molecule has 1 aliphatic heterocycles. The number of pyridine rings is 1. The third-order valence-corrected chi connectivity index (χ3v) is 5.67. The van der Waals surface area contributed by atoms with Gasteiger partial charge in [-0.2, -0.15) is 4.31 Å². The Morgan fingerprint density at radius 3 is 2.33 bits per heavy atom. The highest BCUT2D eigenvalue weighted by Gasteiger charge is 2.33. The molecule has 1 aromatic heterocycles. The summed E-state index contributed by atoms with van der Waals surface area (Å²) in [5.74, 6) is 0. The molecule has 2 rings (SSSR count). The van der Waals surface area contributed by atoms with Crippen molar-refractivity contribution in [2.45, 2.75) is 31.3 Å². The van der Waals surface area contributed by atoms with Gasteiger partial charge in [-0.1, -0.05) is 0 Å². The van der Waals surface area contributed by atoms with Crippen LogP contribution in [0.1, 0.15) is 20.8 Å². The second-order valence-corrected chi connectivity index (χ2v) is 8.02. The Bertz CT molecular complexity index is 587. The molecule has 0 amide bonds. The number of rotatable bonds is 3. The van der Waals surface area contributed by atoms with Crippen LogP contribution in [0.4, 0.5) is 5.69 Å². The lowest BCUT2D eigenvalue weighted by Crippen LogP contribution is -2.54. The molecular formula is C14H24N4O2S. The summed E-state index contributed by atoms with van der Waals surface area (Å²) in [5.41, 5.74) is 0.604. The molecule has 0 unspecified atom stereocenters. The molecule has 1 saturated heterocycles. The van der Waals surface area contributed by atoms with E-state index in [0.717, 1.165) is 13.1 Å². The largest absolute Gasteiger partial charge is 0.386 e. The van der Waals surface area contributed by atoms with E-state index < -0.39 is 10.0 Å². The molecule has 0 aliphatic carbocycles. The highest BCUT2D eigenvalue weighted by atomic mass is 32.2. The summed E-state index contributed by atoms with van der Waals surface area (Å²) < 4.78 is 27.0. The highest BCUT2D eigenvalue weighted by molar-refractivity contribution is 7.89. The van der Waals surface area contributed by atoms with Crippen molar-refractivity contribution in [2.24, 2.45) is 0 Å². The van der Waals surface area contributed by atoms with Crippen molar-refractivity contribution in [3.05, 3.63) is 18.3 Å². The van der Waals surface area contributed by atoms with Crippen LogP contribution >= 0.6 is 0 Å². The molecule has 7 heteroatoms. The predicted molar refractivity (Wildman–Crippen MR) is 83.9 cm³/mol. The van der Waals surface area contributed by atoms with Gasteiger partial charge in [0.15, 0.2) is 5.03 Å². The number of hydrogen-bond acceptors (Lipinski definition) is 5. The van der Waals surface area contributed by atoms with Crippen LogP contribution in [0, 0.1) is 0 Å².